The van der Waals surface area contributed by atoms with Crippen LogP contribution in [0.5, 0.6) is 0 Å². The molecule has 1 aliphatic rings. The molecule has 0 aliphatic carbocycles. The quantitative estimate of drug-likeness (QED) is 0.495. The molecule has 3 heteroatoms. The van der Waals surface area contributed by atoms with Crippen molar-refractivity contribution in [1.29, 1.82) is 0 Å². The lowest BCUT2D eigenvalue weighted by molar-refractivity contribution is 0.779. The van der Waals surface area contributed by atoms with E-state index in [4.69, 9.17) is 5.73 Å². The van der Waals surface area contributed by atoms with E-state index >= 15 is 0 Å². The third-order valence-electron chi connectivity index (χ3n) is 0.946. The lowest BCUT2D eigenvalue weighted by Crippen LogP contribution is -2.13. The second kappa shape index (κ2) is 2.39. The van der Waals surface area contributed by atoms with Gasteiger partial charge in [-0.05, 0) is 12.5 Å². The summed E-state index contributed by atoms with van der Waals surface area (Å²) in [5, 5.41) is 0. The Labute approximate surface area is 62.5 Å². The molecule has 0 aromatic carbocycles. The van der Waals surface area contributed by atoms with Crippen LogP contribution in [-0.2, 0) is 0 Å². The van der Waals surface area contributed by atoms with Gasteiger partial charge in [0.2, 0.25) is 0 Å². The lowest BCUT2D eigenvalue weighted by atomic mass is 10.3. The fourth-order valence-corrected chi connectivity index (χ4v) is 0.940. The summed E-state index contributed by atoms with van der Waals surface area (Å²) in [6, 6.07) is 0. The number of nitrogens with two attached hydrogens (primary N) is 1. The highest BCUT2D eigenvalue weighted by Crippen LogP contribution is 2.11. The maximum atomic E-state index is 5.51. The number of nitrogens with zero attached hydrogens (tertiary/aromatic N) is 1. The molecule has 8 heavy (non-hydrogen) atoms. The van der Waals surface area contributed by atoms with Crippen molar-refractivity contribution < 1.29 is 0 Å². The number of hydrogen-bond donors (Lipinski definition) is 1. The van der Waals surface area contributed by atoms with Crippen LogP contribution in [0.3, 0.4) is 0 Å². The van der Waals surface area contributed by atoms with Crippen LogP contribution < -0.4 is 5.73 Å². The minimum Gasteiger partial charge on any atom is -0.385 e. The van der Waals surface area contributed by atoms with Crippen LogP contribution in [0.4, 0.5) is 0 Å². The Morgan fingerprint density at radius 3 is 2.88 bits per heavy atom. The van der Waals surface area contributed by atoms with E-state index in [9.17, 15) is 0 Å². The molecule has 2 nitrogen and oxygen atoms in total. The zero-order chi connectivity index (χ0) is 5.98. The first-order valence-electron chi connectivity index (χ1n) is 2.38. The number of hydrogen-bond acceptors (Lipinski definition) is 2. The van der Waals surface area contributed by atoms with Crippen LogP contribution in [-0.4, -0.2) is 3.11 Å². The molecule has 0 aromatic heterocycles. The zero-order valence-electron chi connectivity index (χ0n) is 4.34. The van der Waals surface area contributed by atoms with Gasteiger partial charge in [-0.15, -0.1) is 0 Å². The third kappa shape index (κ3) is 1.15. The second-order valence-electron chi connectivity index (χ2n) is 1.56. The third-order valence-corrected chi connectivity index (χ3v) is 1.82. The summed E-state index contributed by atoms with van der Waals surface area (Å²) in [5.41, 5.74) is 5.51. The van der Waals surface area contributed by atoms with Crippen LogP contribution in [0, 0.1) is 0 Å². The predicted molar refractivity (Wildman–Crippen MR) is 41.9 cm³/mol. The Hall–Kier alpha value is -0.190. The molecule has 2 N–H and O–H groups in total. The van der Waals surface area contributed by atoms with Gasteiger partial charge in [0.05, 0.1) is 22.9 Å². The molecule has 1 aliphatic heterocycles. The standard InChI is InChI=1S/C5H7IN2/c6-8-4-2-1-3-5(8)7/h2-4H,1,7H2. The molecule has 1 heterocycles. The van der Waals surface area contributed by atoms with Gasteiger partial charge in [-0.25, -0.2) is 0 Å². The van der Waals surface area contributed by atoms with Gasteiger partial charge in [-0.3, -0.25) is 3.11 Å². The second-order valence-corrected chi connectivity index (χ2v) is 2.60. The topological polar surface area (TPSA) is 29.3 Å². The van der Waals surface area contributed by atoms with Crippen LogP contribution in [0.1, 0.15) is 6.42 Å². The van der Waals surface area contributed by atoms with E-state index in [1.54, 1.807) is 0 Å². The zero-order valence-corrected chi connectivity index (χ0v) is 6.50. The van der Waals surface area contributed by atoms with E-state index in [-0.39, 0.29) is 0 Å². The predicted octanol–water partition coefficient (Wildman–Crippen LogP) is 1.36. The highest BCUT2D eigenvalue weighted by molar-refractivity contribution is 14.1. The first-order chi connectivity index (χ1) is 3.80. The molecule has 0 amide bonds. The smallest absolute Gasteiger partial charge is 0.108 e. The first kappa shape index (κ1) is 5.94. The van der Waals surface area contributed by atoms with Crippen LogP contribution >= 0.6 is 22.9 Å². The van der Waals surface area contributed by atoms with E-state index in [0.29, 0.717) is 0 Å². The van der Waals surface area contributed by atoms with Crippen molar-refractivity contribution in [2.45, 2.75) is 6.42 Å². The van der Waals surface area contributed by atoms with Crippen molar-refractivity contribution >= 4 is 22.9 Å². The summed E-state index contributed by atoms with van der Waals surface area (Å²) >= 11 is 2.14. The average molecular weight is 222 g/mol. The van der Waals surface area contributed by atoms with E-state index in [2.05, 4.69) is 28.9 Å². The molecule has 0 unspecified atom stereocenters. The molecular weight excluding hydrogens is 215 g/mol. The molecule has 44 valence electrons. The van der Waals surface area contributed by atoms with Gasteiger partial charge in [0.1, 0.15) is 5.82 Å². The van der Waals surface area contributed by atoms with Crippen LogP contribution in [0.15, 0.2) is 24.2 Å². The van der Waals surface area contributed by atoms with Crippen molar-refractivity contribution in [2.24, 2.45) is 5.73 Å². The molecule has 0 saturated heterocycles. The van der Waals surface area contributed by atoms with Gasteiger partial charge in [0.15, 0.2) is 0 Å². The molecule has 0 spiro atoms. The monoisotopic (exact) mass is 222 g/mol. The van der Waals surface area contributed by atoms with Gasteiger partial charge in [0, 0.05) is 6.20 Å². The summed E-state index contributed by atoms with van der Waals surface area (Å²) in [6.07, 6.45) is 6.95. The van der Waals surface area contributed by atoms with Crippen LogP contribution in [0.2, 0.25) is 0 Å². The summed E-state index contributed by atoms with van der Waals surface area (Å²) < 4.78 is 1.86. The van der Waals surface area contributed by atoms with Crippen LogP contribution in [0.25, 0.3) is 0 Å². The fourth-order valence-electron chi connectivity index (χ4n) is 0.515. The number of allylic oxidation sites excluding steroid dienone is 2. The van der Waals surface area contributed by atoms with Gasteiger partial charge < -0.3 is 5.73 Å². The fraction of sp³-hybridized carbons (Fsp3) is 0.200. The number of halogens is 1. The van der Waals surface area contributed by atoms with Gasteiger partial charge in [0.25, 0.3) is 0 Å². The molecular formula is C5H7IN2. The first-order valence-corrected chi connectivity index (χ1v) is 3.34. The lowest BCUT2D eigenvalue weighted by Gasteiger charge is -2.13. The maximum absolute atomic E-state index is 5.51. The van der Waals surface area contributed by atoms with Gasteiger partial charge in [-0.1, -0.05) is 6.08 Å². The van der Waals surface area contributed by atoms with E-state index in [0.717, 1.165) is 12.2 Å². The van der Waals surface area contributed by atoms with Gasteiger partial charge >= 0.3 is 0 Å². The Morgan fingerprint density at radius 2 is 2.50 bits per heavy atom. The Balaban J connectivity index is 2.63. The molecule has 0 atom stereocenters. The SMILES string of the molecule is NC1=CCC=CN1I. The Bertz CT molecular complexity index is 139. The van der Waals surface area contributed by atoms with E-state index < -0.39 is 0 Å². The van der Waals surface area contributed by atoms with Crippen molar-refractivity contribution in [2.75, 3.05) is 0 Å². The minimum absolute atomic E-state index is 0.827. The summed E-state index contributed by atoms with van der Waals surface area (Å²) in [7, 11) is 0. The highest BCUT2D eigenvalue weighted by atomic mass is 127. The Morgan fingerprint density at radius 1 is 1.75 bits per heavy atom. The van der Waals surface area contributed by atoms with Crippen molar-refractivity contribution in [1.82, 2.24) is 3.11 Å². The van der Waals surface area contributed by atoms with E-state index in [1.807, 2.05) is 15.4 Å². The van der Waals surface area contributed by atoms with Crippen molar-refractivity contribution in [3.8, 4) is 0 Å². The Kier molecular flexibility index (Phi) is 1.77. The molecule has 0 radical (unpaired) electrons. The van der Waals surface area contributed by atoms with Gasteiger partial charge in [-0.2, -0.15) is 0 Å². The normalized spacial score (nSPS) is 18.6. The molecule has 0 saturated carbocycles. The average Bonchev–Trinajstić information content (AvgIpc) is 1.77. The van der Waals surface area contributed by atoms with Crippen molar-refractivity contribution in [3.63, 3.8) is 0 Å². The van der Waals surface area contributed by atoms with E-state index in [1.165, 1.54) is 0 Å². The molecule has 0 bridgehead atoms. The van der Waals surface area contributed by atoms with Crippen molar-refractivity contribution in [3.05, 3.63) is 24.2 Å². The molecule has 0 aromatic rings. The molecule has 1 rings (SSSR count). The largest absolute Gasteiger partial charge is 0.385 e. The summed E-state index contributed by atoms with van der Waals surface area (Å²) in [4.78, 5) is 0. The minimum atomic E-state index is 0.827. The number of rotatable bonds is 0. The summed E-state index contributed by atoms with van der Waals surface area (Å²) in [5.74, 6) is 0.827. The molecule has 0 fully saturated rings. The summed E-state index contributed by atoms with van der Waals surface area (Å²) in [6.45, 7) is 0. The maximum Gasteiger partial charge on any atom is 0.108 e. The highest BCUT2D eigenvalue weighted by Gasteiger charge is 1.98.